The zero-order valence-corrected chi connectivity index (χ0v) is 10.4. The minimum atomic E-state index is 0.827. The summed E-state index contributed by atoms with van der Waals surface area (Å²) in [6.45, 7) is 1.75. The first-order valence-corrected chi connectivity index (χ1v) is 6.49. The zero-order valence-electron chi connectivity index (χ0n) is 8.82. The van der Waals surface area contributed by atoms with Gasteiger partial charge in [-0.1, -0.05) is 29.8 Å². The van der Waals surface area contributed by atoms with Crippen molar-refractivity contribution in [3.8, 4) is 0 Å². The van der Waals surface area contributed by atoms with Gasteiger partial charge in [-0.05, 0) is 24.6 Å². The SMILES string of the molecule is Clc1ccccc1CCNCc1cscn1. The van der Waals surface area contributed by atoms with E-state index in [2.05, 4.69) is 21.7 Å². The van der Waals surface area contributed by atoms with Gasteiger partial charge in [-0.15, -0.1) is 11.3 Å². The zero-order chi connectivity index (χ0) is 11.2. The molecule has 1 aromatic carbocycles. The molecule has 0 saturated heterocycles. The largest absolute Gasteiger partial charge is 0.311 e. The van der Waals surface area contributed by atoms with Crippen molar-refractivity contribution in [1.82, 2.24) is 10.3 Å². The van der Waals surface area contributed by atoms with E-state index in [4.69, 9.17) is 11.6 Å². The maximum atomic E-state index is 6.06. The van der Waals surface area contributed by atoms with Gasteiger partial charge in [-0.2, -0.15) is 0 Å². The van der Waals surface area contributed by atoms with Gasteiger partial charge in [0.1, 0.15) is 0 Å². The van der Waals surface area contributed by atoms with Crippen molar-refractivity contribution in [3.05, 3.63) is 51.4 Å². The van der Waals surface area contributed by atoms with Crippen molar-refractivity contribution in [2.75, 3.05) is 6.54 Å². The topological polar surface area (TPSA) is 24.9 Å². The Hall–Kier alpha value is -0.900. The van der Waals surface area contributed by atoms with Crippen LogP contribution in [0.3, 0.4) is 0 Å². The van der Waals surface area contributed by atoms with Crippen LogP contribution in [0.15, 0.2) is 35.2 Å². The van der Waals surface area contributed by atoms with Gasteiger partial charge in [0.05, 0.1) is 11.2 Å². The molecule has 0 aliphatic rings. The molecule has 1 aromatic heterocycles. The van der Waals surface area contributed by atoms with Crippen LogP contribution in [-0.4, -0.2) is 11.5 Å². The minimum Gasteiger partial charge on any atom is -0.311 e. The van der Waals surface area contributed by atoms with E-state index in [1.165, 1.54) is 5.56 Å². The number of aromatic nitrogens is 1. The number of halogens is 1. The molecule has 16 heavy (non-hydrogen) atoms. The molecular weight excluding hydrogens is 240 g/mol. The molecule has 0 amide bonds. The number of benzene rings is 1. The molecular formula is C12H13ClN2S. The van der Waals surface area contributed by atoms with Crippen molar-refractivity contribution < 1.29 is 0 Å². The lowest BCUT2D eigenvalue weighted by Crippen LogP contribution is -2.16. The number of nitrogens with zero attached hydrogens (tertiary/aromatic N) is 1. The summed E-state index contributed by atoms with van der Waals surface area (Å²) >= 11 is 7.69. The average molecular weight is 253 g/mol. The van der Waals surface area contributed by atoms with Gasteiger partial charge < -0.3 is 5.32 Å². The highest BCUT2D eigenvalue weighted by Gasteiger charge is 1.98. The molecule has 84 valence electrons. The van der Waals surface area contributed by atoms with Crippen LogP contribution < -0.4 is 5.32 Å². The summed E-state index contributed by atoms with van der Waals surface area (Å²) in [7, 11) is 0. The fourth-order valence-electron chi connectivity index (χ4n) is 1.47. The molecule has 0 aliphatic heterocycles. The summed E-state index contributed by atoms with van der Waals surface area (Å²) in [5.41, 5.74) is 4.14. The highest BCUT2D eigenvalue weighted by Crippen LogP contribution is 2.14. The Kier molecular flexibility index (Phi) is 4.34. The summed E-state index contributed by atoms with van der Waals surface area (Å²) < 4.78 is 0. The molecule has 0 aliphatic carbocycles. The predicted molar refractivity (Wildman–Crippen MR) is 69.0 cm³/mol. The molecule has 0 bridgehead atoms. The molecule has 0 radical (unpaired) electrons. The maximum Gasteiger partial charge on any atom is 0.0795 e. The Morgan fingerprint density at radius 1 is 1.31 bits per heavy atom. The number of thiazole rings is 1. The van der Waals surface area contributed by atoms with Gasteiger partial charge in [0, 0.05) is 16.9 Å². The van der Waals surface area contributed by atoms with E-state index in [-0.39, 0.29) is 0 Å². The van der Waals surface area contributed by atoms with E-state index in [1.54, 1.807) is 11.3 Å². The number of hydrogen-bond donors (Lipinski definition) is 1. The molecule has 2 nitrogen and oxygen atoms in total. The van der Waals surface area contributed by atoms with Crippen LogP contribution in [0.4, 0.5) is 0 Å². The fraction of sp³-hybridized carbons (Fsp3) is 0.250. The van der Waals surface area contributed by atoms with Gasteiger partial charge in [0.2, 0.25) is 0 Å². The summed E-state index contributed by atoms with van der Waals surface area (Å²) in [6, 6.07) is 7.96. The van der Waals surface area contributed by atoms with E-state index >= 15 is 0 Å². The van der Waals surface area contributed by atoms with Crippen molar-refractivity contribution >= 4 is 22.9 Å². The predicted octanol–water partition coefficient (Wildman–Crippen LogP) is 3.13. The van der Waals surface area contributed by atoms with Crippen LogP contribution in [0, 0.1) is 0 Å². The highest BCUT2D eigenvalue weighted by atomic mass is 35.5. The van der Waals surface area contributed by atoms with Crippen LogP contribution >= 0.6 is 22.9 Å². The summed E-state index contributed by atoms with van der Waals surface area (Å²) in [4.78, 5) is 4.21. The Balaban J connectivity index is 1.74. The van der Waals surface area contributed by atoms with Crippen LogP contribution in [0.5, 0.6) is 0 Å². The Morgan fingerprint density at radius 3 is 2.94 bits per heavy atom. The lowest BCUT2D eigenvalue weighted by Gasteiger charge is -2.04. The van der Waals surface area contributed by atoms with Crippen LogP contribution in [0.25, 0.3) is 0 Å². The molecule has 0 spiro atoms. The molecule has 0 atom stereocenters. The molecule has 2 rings (SSSR count). The van der Waals surface area contributed by atoms with Crippen LogP contribution in [0.1, 0.15) is 11.3 Å². The number of rotatable bonds is 5. The fourth-order valence-corrected chi connectivity index (χ4v) is 2.25. The first kappa shape index (κ1) is 11.6. The standard InChI is InChI=1S/C12H13ClN2S/c13-12-4-2-1-3-10(12)5-6-14-7-11-8-16-9-15-11/h1-4,8-9,14H,5-7H2. The van der Waals surface area contributed by atoms with Gasteiger partial charge in [-0.25, -0.2) is 4.98 Å². The van der Waals surface area contributed by atoms with E-state index in [0.29, 0.717) is 0 Å². The normalized spacial score (nSPS) is 10.6. The van der Waals surface area contributed by atoms with E-state index < -0.39 is 0 Å². The second kappa shape index (κ2) is 5.99. The van der Waals surface area contributed by atoms with E-state index in [1.807, 2.05) is 23.7 Å². The van der Waals surface area contributed by atoms with Gasteiger partial charge >= 0.3 is 0 Å². The summed E-state index contributed by atoms with van der Waals surface area (Å²) in [5.74, 6) is 0. The van der Waals surface area contributed by atoms with Crippen LogP contribution in [-0.2, 0) is 13.0 Å². The Morgan fingerprint density at radius 2 is 2.19 bits per heavy atom. The van der Waals surface area contributed by atoms with Crippen molar-refractivity contribution in [1.29, 1.82) is 0 Å². The second-order valence-corrected chi connectivity index (χ2v) is 4.62. The first-order chi connectivity index (χ1) is 7.86. The van der Waals surface area contributed by atoms with Gasteiger partial charge in [0.15, 0.2) is 0 Å². The van der Waals surface area contributed by atoms with Gasteiger partial charge in [0.25, 0.3) is 0 Å². The van der Waals surface area contributed by atoms with Crippen molar-refractivity contribution in [2.24, 2.45) is 0 Å². The molecule has 0 saturated carbocycles. The molecule has 2 aromatic rings. The minimum absolute atomic E-state index is 0.827. The van der Waals surface area contributed by atoms with E-state index in [0.717, 1.165) is 30.2 Å². The molecule has 1 heterocycles. The summed E-state index contributed by atoms with van der Waals surface area (Å²) in [6.07, 6.45) is 0.948. The molecule has 1 N–H and O–H groups in total. The third-order valence-electron chi connectivity index (χ3n) is 2.32. The van der Waals surface area contributed by atoms with E-state index in [9.17, 15) is 0 Å². The first-order valence-electron chi connectivity index (χ1n) is 5.17. The van der Waals surface area contributed by atoms with Gasteiger partial charge in [-0.3, -0.25) is 0 Å². The highest BCUT2D eigenvalue weighted by molar-refractivity contribution is 7.07. The maximum absolute atomic E-state index is 6.06. The third kappa shape index (κ3) is 3.30. The lowest BCUT2D eigenvalue weighted by atomic mass is 10.1. The average Bonchev–Trinajstić information content (AvgIpc) is 2.79. The Labute approximate surface area is 104 Å². The quantitative estimate of drug-likeness (QED) is 0.827. The summed E-state index contributed by atoms with van der Waals surface area (Å²) in [5, 5.41) is 6.25. The van der Waals surface area contributed by atoms with Crippen molar-refractivity contribution in [2.45, 2.75) is 13.0 Å². The lowest BCUT2D eigenvalue weighted by molar-refractivity contribution is 0.677. The molecule has 0 fully saturated rings. The van der Waals surface area contributed by atoms with Crippen LogP contribution in [0.2, 0.25) is 5.02 Å². The van der Waals surface area contributed by atoms with Crippen molar-refractivity contribution in [3.63, 3.8) is 0 Å². The number of hydrogen-bond acceptors (Lipinski definition) is 3. The molecule has 0 unspecified atom stereocenters. The monoisotopic (exact) mass is 252 g/mol. The third-order valence-corrected chi connectivity index (χ3v) is 3.32. The molecule has 4 heteroatoms. The second-order valence-electron chi connectivity index (χ2n) is 3.50. The Bertz CT molecular complexity index is 428. The number of nitrogens with one attached hydrogen (secondary N) is 1. The smallest absolute Gasteiger partial charge is 0.0795 e.